The van der Waals surface area contributed by atoms with Crippen molar-refractivity contribution in [3.05, 3.63) is 29.6 Å². The van der Waals surface area contributed by atoms with Crippen LogP contribution in [0.2, 0.25) is 0 Å². The van der Waals surface area contributed by atoms with Gasteiger partial charge >= 0.3 is 5.97 Å². The maximum absolute atomic E-state index is 10.9. The smallest absolute Gasteiger partial charge is 0.308 e. The number of pyridine rings is 1. The van der Waals surface area contributed by atoms with Crippen molar-refractivity contribution in [1.29, 1.82) is 0 Å². The summed E-state index contributed by atoms with van der Waals surface area (Å²) in [4.78, 5) is 25.0. The fraction of sp³-hybridized carbons (Fsp3) is 0.364. The number of carbonyl (C=O) groups is 2. The van der Waals surface area contributed by atoms with Crippen LogP contribution >= 0.6 is 0 Å². The summed E-state index contributed by atoms with van der Waals surface area (Å²) in [6, 6.07) is 2.87. The van der Waals surface area contributed by atoms with E-state index in [0.29, 0.717) is 11.8 Å². The number of aromatic nitrogens is 1. The molecule has 6 heteroatoms. The molecular formula is C11H13NO5. The van der Waals surface area contributed by atoms with E-state index >= 15 is 0 Å². The van der Waals surface area contributed by atoms with E-state index in [1.165, 1.54) is 25.4 Å². The molecule has 1 aromatic rings. The molecule has 0 bridgehead atoms. The molecule has 0 aliphatic carbocycles. The normalized spacial score (nSPS) is 13.8. The van der Waals surface area contributed by atoms with Gasteiger partial charge in [0.15, 0.2) is 6.29 Å². The monoisotopic (exact) mass is 239 g/mol. The Kier molecular flexibility index (Phi) is 4.74. The van der Waals surface area contributed by atoms with Crippen LogP contribution in [-0.2, 0) is 9.53 Å². The summed E-state index contributed by atoms with van der Waals surface area (Å²) in [5.41, 5.74) is 0.551. The highest BCUT2D eigenvalue weighted by Crippen LogP contribution is 2.18. The SMILES string of the molecule is COC(=O)CC(O)C(O)c1ccc(C=O)nc1. The van der Waals surface area contributed by atoms with Crippen molar-refractivity contribution in [2.45, 2.75) is 18.6 Å². The zero-order valence-corrected chi connectivity index (χ0v) is 9.24. The van der Waals surface area contributed by atoms with Crippen LogP contribution in [0.25, 0.3) is 0 Å². The van der Waals surface area contributed by atoms with Crippen molar-refractivity contribution in [3.63, 3.8) is 0 Å². The molecule has 17 heavy (non-hydrogen) atoms. The second-order valence-corrected chi connectivity index (χ2v) is 3.43. The molecule has 0 aliphatic heterocycles. The third-order valence-electron chi connectivity index (χ3n) is 2.24. The van der Waals surface area contributed by atoms with Gasteiger partial charge in [-0.25, -0.2) is 0 Å². The molecule has 0 fully saturated rings. The molecule has 2 atom stereocenters. The van der Waals surface area contributed by atoms with E-state index in [-0.39, 0.29) is 12.1 Å². The molecule has 0 aromatic carbocycles. The number of esters is 1. The lowest BCUT2D eigenvalue weighted by Gasteiger charge is -2.16. The molecule has 6 nitrogen and oxygen atoms in total. The molecule has 0 amide bonds. The van der Waals surface area contributed by atoms with E-state index in [1.807, 2.05) is 0 Å². The van der Waals surface area contributed by atoms with Gasteiger partial charge in [-0.2, -0.15) is 0 Å². The van der Waals surface area contributed by atoms with Gasteiger partial charge in [0.05, 0.1) is 19.6 Å². The van der Waals surface area contributed by atoms with E-state index in [9.17, 15) is 19.8 Å². The molecule has 2 N–H and O–H groups in total. The van der Waals surface area contributed by atoms with Crippen molar-refractivity contribution in [2.24, 2.45) is 0 Å². The molecule has 0 spiro atoms. The molecule has 0 saturated heterocycles. The molecule has 0 radical (unpaired) electrons. The lowest BCUT2D eigenvalue weighted by atomic mass is 10.0. The van der Waals surface area contributed by atoms with E-state index in [2.05, 4.69) is 9.72 Å². The highest BCUT2D eigenvalue weighted by Gasteiger charge is 2.21. The highest BCUT2D eigenvalue weighted by atomic mass is 16.5. The van der Waals surface area contributed by atoms with E-state index in [0.717, 1.165) is 0 Å². The largest absolute Gasteiger partial charge is 0.469 e. The van der Waals surface area contributed by atoms with Crippen LogP contribution in [0, 0.1) is 0 Å². The Morgan fingerprint density at radius 2 is 2.24 bits per heavy atom. The molecule has 92 valence electrons. The number of aliphatic hydroxyl groups excluding tert-OH is 2. The second kappa shape index (κ2) is 6.07. The Morgan fingerprint density at radius 3 is 2.71 bits per heavy atom. The van der Waals surface area contributed by atoms with Crippen LogP contribution in [0.4, 0.5) is 0 Å². The van der Waals surface area contributed by atoms with Crippen LogP contribution < -0.4 is 0 Å². The molecule has 0 saturated carbocycles. The number of hydrogen-bond acceptors (Lipinski definition) is 6. The number of carbonyl (C=O) groups excluding carboxylic acids is 2. The first-order valence-electron chi connectivity index (χ1n) is 4.92. The van der Waals surface area contributed by atoms with Crippen LogP contribution in [0.3, 0.4) is 0 Å². The minimum Gasteiger partial charge on any atom is -0.469 e. The molecular weight excluding hydrogens is 226 g/mol. The number of methoxy groups -OCH3 is 1. The summed E-state index contributed by atoms with van der Waals surface area (Å²) in [7, 11) is 1.20. The Hall–Kier alpha value is -1.79. The van der Waals surface area contributed by atoms with Gasteiger partial charge < -0.3 is 14.9 Å². The summed E-state index contributed by atoms with van der Waals surface area (Å²) >= 11 is 0. The molecule has 1 aromatic heterocycles. The zero-order chi connectivity index (χ0) is 12.8. The van der Waals surface area contributed by atoms with Gasteiger partial charge in [0, 0.05) is 11.8 Å². The van der Waals surface area contributed by atoms with Crippen LogP contribution in [0.5, 0.6) is 0 Å². The van der Waals surface area contributed by atoms with Crippen molar-refractivity contribution in [1.82, 2.24) is 4.98 Å². The Labute approximate surface area is 97.9 Å². The Bertz CT molecular complexity index is 389. The summed E-state index contributed by atoms with van der Waals surface area (Å²) in [5, 5.41) is 19.3. The van der Waals surface area contributed by atoms with Gasteiger partial charge in [-0.1, -0.05) is 6.07 Å². The van der Waals surface area contributed by atoms with Gasteiger partial charge in [0.2, 0.25) is 0 Å². The first kappa shape index (κ1) is 13.3. The first-order chi connectivity index (χ1) is 8.08. The predicted molar refractivity (Wildman–Crippen MR) is 57.2 cm³/mol. The number of nitrogens with zero attached hydrogens (tertiary/aromatic N) is 1. The average molecular weight is 239 g/mol. The van der Waals surface area contributed by atoms with E-state index in [4.69, 9.17) is 0 Å². The standard InChI is InChI=1S/C11H13NO5/c1-17-10(15)4-9(14)11(16)7-2-3-8(6-13)12-5-7/h2-3,5-6,9,11,14,16H,4H2,1H3. The van der Waals surface area contributed by atoms with Crippen LogP contribution in [0.1, 0.15) is 28.6 Å². The number of aldehydes is 1. The molecule has 1 heterocycles. The van der Waals surface area contributed by atoms with Crippen molar-refractivity contribution >= 4 is 12.3 Å². The minimum absolute atomic E-state index is 0.225. The predicted octanol–water partition coefficient (Wildman–Crippen LogP) is -0.148. The van der Waals surface area contributed by atoms with Gasteiger partial charge in [-0.15, -0.1) is 0 Å². The Morgan fingerprint density at radius 1 is 1.53 bits per heavy atom. The molecule has 1 rings (SSSR count). The third kappa shape index (κ3) is 3.61. The topological polar surface area (TPSA) is 96.7 Å². The van der Waals surface area contributed by atoms with Crippen LogP contribution in [0.15, 0.2) is 18.3 Å². The fourth-order valence-corrected chi connectivity index (χ4v) is 1.25. The Balaban J connectivity index is 2.70. The second-order valence-electron chi connectivity index (χ2n) is 3.43. The minimum atomic E-state index is -1.27. The number of rotatable bonds is 5. The third-order valence-corrected chi connectivity index (χ3v) is 2.24. The summed E-state index contributed by atoms with van der Waals surface area (Å²) in [6.45, 7) is 0. The maximum Gasteiger partial charge on any atom is 0.308 e. The van der Waals surface area contributed by atoms with E-state index < -0.39 is 18.2 Å². The zero-order valence-electron chi connectivity index (χ0n) is 9.24. The van der Waals surface area contributed by atoms with Gasteiger partial charge in [0.1, 0.15) is 11.8 Å². The maximum atomic E-state index is 10.9. The first-order valence-corrected chi connectivity index (χ1v) is 4.92. The lowest BCUT2D eigenvalue weighted by Crippen LogP contribution is -2.22. The quantitative estimate of drug-likeness (QED) is 0.548. The highest BCUT2D eigenvalue weighted by molar-refractivity contribution is 5.71. The van der Waals surface area contributed by atoms with Crippen molar-refractivity contribution < 1.29 is 24.5 Å². The molecule has 2 unspecified atom stereocenters. The number of hydrogen-bond donors (Lipinski definition) is 2. The van der Waals surface area contributed by atoms with Gasteiger partial charge in [-0.3, -0.25) is 14.6 Å². The fourth-order valence-electron chi connectivity index (χ4n) is 1.25. The summed E-state index contributed by atoms with van der Waals surface area (Å²) in [5.74, 6) is -0.617. The number of aliphatic hydroxyl groups is 2. The van der Waals surface area contributed by atoms with Crippen molar-refractivity contribution in [3.8, 4) is 0 Å². The van der Waals surface area contributed by atoms with E-state index in [1.54, 1.807) is 0 Å². The summed E-state index contributed by atoms with van der Waals surface area (Å²) in [6.07, 6.45) is -0.989. The lowest BCUT2D eigenvalue weighted by molar-refractivity contribution is -0.144. The van der Waals surface area contributed by atoms with Gasteiger partial charge in [0.25, 0.3) is 0 Å². The summed E-state index contributed by atoms with van der Waals surface area (Å²) < 4.78 is 4.37. The average Bonchev–Trinajstić information content (AvgIpc) is 2.37. The van der Waals surface area contributed by atoms with Crippen LogP contribution in [-0.4, -0.2) is 40.7 Å². The van der Waals surface area contributed by atoms with Gasteiger partial charge in [-0.05, 0) is 6.07 Å². The van der Waals surface area contributed by atoms with Crippen molar-refractivity contribution in [2.75, 3.05) is 7.11 Å². The molecule has 0 aliphatic rings. The number of ether oxygens (including phenoxy) is 1.